The molecule has 20 heavy (non-hydrogen) atoms. The van der Waals surface area contributed by atoms with E-state index in [1.807, 2.05) is 0 Å². The van der Waals surface area contributed by atoms with Gasteiger partial charge >= 0.3 is 5.51 Å². The molecule has 0 atom stereocenters. The number of halogens is 5. The van der Waals surface area contributed by atoms with Gasteiger partial charge in [-0.2, -0.15) is 13.2 Å². The predicted octanol–water partition coefficient (Wildman–Crippen LogP) is 4.39. The van der Waals surface area contributed by atoms with Crippen molar-refractivity contribution in [3.63, 3.8) is 0 Å². The minimum absolute atomic E-state index is 0.211. The average Bonchev–Trinajstić information content (AvgIpc) is 2.71. The standard InChI is InChI=1S/C11H6BrClF3NO2S/c12-8-5-9(20(18,19)11(14,15)16)17-10(8)6-1-3-7(13)4-2-6/h1-5,17H. The van der Waals surface area contributed by atoms with Crippen LogP contribution in [0.3, 0.4) is 0 Å². The summed E-state index contributed by atoms with van der Waals surface area (Å²) >= 11 is 8.75. The van der Waals surface area contributed by atoms with Crippen LogP contribution in [0.1, 0.15) is 0 Å². The molecule has 2 rings (SSSR count). The molecule has 0 saturated heterocycles. The summed E-state index contributed by atoms with van der Waals surface area (Å²) in [5.74, 6) is 0. The van der Waals surface area contributed by atoms with Gasteiger partial charge in [-0.3, -0.25) is 0 Å². The molecule has 3 nitrogen and oxygen atoms in total. The number of aromatic amines is 1. The quantitative estimate of drug-likeness (QED) is 0.829. The van der Waals surface area contributed by atoms with Crippen LogP contribution in [0.4, 0.5) is 13.2 Å². The zero-order valence-electron chi connectivity index (χ0n) is 9.50. The first-order valence-corrected chi connectivity index (χ1v) is 7.74. The van der Waals surface area contributed by atoms with Crippen molar-refractivity contribution in [3.05, 3.63) is 39.8 Å². The largest absolute Gasteiger partial charge is 0.503 e. The fourth-order valence-corrected chi connectivity index (χ4v) is 3.10. The predicted molar refractivity (Wildman–Crippen MR) is 72.2 cm³/mol. The molecule has 108 valence electrons. The van der Waals surface area contributed by atoms with Gasteiger partial charge < -0.3 is 4.98 Å². The van der Waals surface area contributed by atoms with Gasteiger partial charge in [0.2, 0.25) is 0 Å². The average molecular weight is 389 g/mol. The van der Waals surface area contributed by atoms with Gasteiger partial charge in [0, 0.05) is 9.50 Å². The fourth-order valence-electron chi connectivity index (χ4n) is 1.50. The van der Waals surface area contributed by atoms with Crippen molar-refractivity contribution in [1.82, 2.24) is 4.98 Å². The molecule has 0 radical (unpaired) electrons. The Labute approximate surface area is 125 Å². The van der Waals surface area contributed by atoms with Crippen LogP contribution in [0.5, 0.6) is 0 Å². The first kappa shape index (κ1) is 15.4. The van der Waals surface area contributed by atoms with Crippen molar-refractivity contribution in [3.8, 4) is 11.3 Å². The molecule has 0 aliphatic heterocycles. The minimum atomic E-state index is -5.41. The second-order valence-corrected chi connectivity index (χ2v) is 7.01. The third kappa shape index (κ3) is 2.72. The van der Waals surface area contributed by atoms with Gasteiger partial charge in [-0.15, -0.1) is 0 Å². The minimum Gasteiger partial charge on any atom is -0.344 e. The van der Waals surface area contributed by atoms with Crippen molar-refractivity contribution in [2.24, 2.45) is 0 Å². The van der Waals surface area contributed by atoms with Crippen molar-refractivity contribution < 1.29 is 21.6 Å². The van der Waals surface area contributed by atoms with E-state index in [1.165, 1.54) is 0 Å². The molecular formula is C11H6BrClF3NO2S. The molecule has 0 aliphatic carbocycles. The Morgan fingerprint density at radius 2 is 1.70 bits per heavy atom. The zero-order valence-corrected chi connectivity index (χ0v) is 12.7. The lowest BCUT2D eigenvalue weighted by Crippen LogP contribution is -2.23. The van der Waals surface area contributed by atoms with Gasteiger partial charge in [-0.25, -0.2) is 8.42 Å². The SMILES string of the molecule is O=S(=O)(c1cc(Br)c(-c2ccc(Cl)cc2)[nH]1)C(F)(F)F. The summed E-state index contributed by atoms with van der Waals surface area (Å²) in [7, 11) is -5.41. The van der Waals surface area contributed by atoms with Crippen LogP contribution in [0.15, 0.2) is 39.8 Å². The first-order chi connectivity index (χ1) is 9.13. The fraction of sp³-hybridized carbons (Fsp3) is 0.0909. The van der Waals surface area contributed by atoms with E-state index in [0.29, 0.717) is 10.6 Å². The van der Waals surface area contributed by atoms with Gasteiger partial charge in [0.15, 0.2) is 0 Å². The molecule has 0 amide bonds. The molecule has 0 bridgehead atoms. The molecule has 1 aromatic carbocycles. The number of sulfone groups is 1. The van der Waals surface area contributed by atoms with Crippen molar-refractivity contribution in [2.75, 3.05) is 0 Å². The highest BCUT2D eigenvalue weighted by molar-refractivity contribution is 9.10. The maximum atomic E-state index is 12.5. The second-order valence-electron chi connectivity index (χ2n) is 3.81. The van der Waals surface area contributed by atoms with E-state index >= 15 is 0 Å². The van der Waals surface area contributed by atoms with E-state index in [4.69, 9.17) is 11.6 Å². The lowest BCUT2D eigenvalue weighted by molar-refractivity contribution is -0.0437. The summed E-state index contributed by atoms with van der Waals surface area (Å²) in [6.45, 7) is 0. The van der Waals surface area contributed by atoms with Crippen molar-refractivity contribution in [2.45, 2.75) is 10.5 Å². The normalized spacial score (nSPS) is 12.7. The van der Waals surface area contributed by atoms with Gasteiger partial charge in [0.1, 0.15) is 5.03 Å². The Kier molecular flexibility index (Phi) is 3.92. The van der Waals surface area contributed by atoms with E-state index < -0.39 is 20.4 Å². The monoisotopic (exact) mass is 387 g/mol. The molecular weight excluding hydrogens is 383 g/mol. The van der Waals surface area contributed by atoms with Crippen LogP contribution < -0.4 is 0 Å². The Balaban J connectivity index is 2.53. The van der Waals surface area contributed by atoms with E-state index in [0.717, 1.165) is 6.07 Å². The summed E-state index contributed by atoms with van der Waals surface area (Å²) in [4.78, 5) is 2.27. The third-order valence-electron chi connectivity index (χ3n) is 2.47. The van der Waals surface area contributed by atoms with Crippen LogP contribution in [0.25, 0.3) is 11.3 Å². The summed E-state index contributed by atoms with van der Waals surface area (Å²) in [5, 5.41) is -0.457. The maximum absolute atomic E-state index is 12.5. The number of aromatic nitrogens is 1. The van der Waals surface area contributed by atoms with Crippen LogP contribution in [-0.4, -0.2) is 18.9 Å². The molecule has 0 saturated carbocycles. The summed E-state index contributed by atoms with van der Waals surface area (Å²) in [6.07, 6.45) is 0. The Bertz CT molecular complexity index is 738. The number of benzene rings is 1. The topological polar surface area (TPSA) is 49.9 Å². The smallest absolute Gasteiger partial charge is 0.344 e. The number of hydrogen-bond donors (Lipinski definition) is 1. The Morgan fingerprint density at radius 3 is 2.20 bits per heavy atom. The lowest BCUT2D eigenvalue weighted by Gasteiger charge is -2.05. The molecule has 2 aromatic rings. The van der Waals surface area contributed by atoms with E-state index in [-0.39, 0.29) is 10.2 Å². The van der Waals surface area contributed by atoms with Gasteiger partial charge in [-0.1, -0.05) is 23.7 Å². The summed E-state index contributed by atoms with van der Waals surface area (Å²) < 4.78 is 60.2. The zero-order chi connectivity index (χ0) is 15.1. The number of rotatable bonds is 2. The molecule has 0 unspecified atom stereocenters. The molecule has 1 N–H and O–H groups in total. The molecule has 9 heteroatoms. The van der Waals surface area contributed by atoms with Crippen LogP contribution >= 0.6 is 27.5 Å². The third-order valence-corrected chi connectivity index (χ3v) is 4.76. The first-order valence-electron chi connectivity index (χ1n) is 5.09. The highest BCUT2D eigenvalue weighted by Gasteiger charge is 2.48. The molecule has 0 aliphatic rings. The number of nitrogens with one attached hydrogen (secondary N) is 1. The van der Waals surface area contributed by atoms with Crippen LogP contribution in [0.2, 0.25) is 5.02 Å². The summed E-state index contributed by atoms with van der Waals surface area (Å²) in [5.41, 5.74) is -4.62. The Hall–Kier alpha value is -0.990. The van der Waals surface area contributed by atoms with Crippen molar-refractivity contribution in [1.29, 1.82) is 0 Å². The van der Waals surface area contributed by atoms with E-state index in [2.05, 4.69) is 20.9 Å². The van der Waals surface area contributed by atoms with Crippen LogP contribution in [0, 0.1) is 0 Å². The van der Waals surface area contributed by atoms with Crippen molar-refractivity contribution >= 4 is 37.4 Å². The molecule has 1 heterocycles. The maximum Gasteiger partial charge on any atom is 0.503 e. The van der Waals surface area contributed by atoms with Gasteiger partial charge in [-0.05, 0) is 39.7 Å². The molecule has 1 aromatic heterocycles. The van der Waals surface area contributed by atoms with Gasteiger partial charge in [0.25, 0.3) is 9.84 Å². The highest BCUT2D eigenvalue weighted by atomic mass is 79.9. The molecule has 0 spiro atoms. The van der Waals surface area contributed by atoms with E-state index in [1.54, 1.807) is 24.3 Å². The van der Waals surface area contributed by atoms with E-state index in [9.17, 15) is 21.6 Å². The van der Waals surface area contributed by atoms with Gasteiger partial charge in [0.05, 0.1) is 5.69 Å². The number of alkyl halides is 3. The Morgan fingerprint density at radius 1 is 1.15 bits per heavy atom. The second kappa shape index (κ2) is 5.09. The number of hydrogen-bond acceptors (Lipinski definition) is 2. The lowest BCUT2D eigenvalue weighted by atomic mass is 10.2. The molecule has 0 fully saturated rings. The number of H-pyrrole nitrogens is 1. The summed E-state index contributed by atoms with van der Waals surface area (Å²) in [6, 6.07) is 7.09. The highest BCUT2D eigenvalue weighted by Crippen LogP contribution is 2.35. The van der Waals surface area contributed by atoms with Crippen LogP contribution in [-0.2, 0) is 9.84 Å².